The maximum atomic E-state index is 13.8. The van der Waals surface area contributed by atoms with E-state index in [9.17, 15) is 4.39 Å². The number of aromatic nitrogens is 3. The lowest BCUT2D eigenvalue weighted by molar-refractivity contribution is 0.428. The molecule has 0 fully saturated rings. The number of ether oxygens (including phenoxy) is 1. The van der Waals surface area contributed by atoms with Gasteiger partial charge in [-0.3, -0.25) is 4.98 Å². The van der Waals surface area contributed by atoms with Crippen LogP contribution < -0.4 is 10.5 Å². The zero-order valence-corrected chi connectivity index (χ0v) is 10.5. The van der Waals surface area contributed by atoms with Crippen molar-refractivity contribution in [3.05, 3.63) is 54.1 Å². The maximum Gasteiger partial charge on any atom is 0.221 e. The predicted molar refractivity (Wildman–Crippen MR) is 71.7 cm³/mol. The Morgan fingerprint density at radius 2 is 1.95 bits per heavy atom. The Balaban J connectivity index is 1.92. The van der Waals surface area contributed by atoms with E-state index >= 15 is 0 Å². The molecule has 3 rings (SSSR count). The van der Waals surface area contributed by atoms with Crippen LogP contribution in [0.15, 0.2) is 42.7 Å². The Hall–Kier alpha value is -2.60. The summed E-state index contributed by atoms with van der Waals surface area (Å²) in [6.07, 6.45) is 3.12. The summed E-state index contributed by atoms with van der Waals surface area (Å²) in [5.74, 6) is -0.121. The monoisotopic (exact) mass is 270 g/mol. The van der Waals surface area contributed by atoms with E-state index in [4.69, 9.17) is 10.5 Å². The summed E-state index contributed by atoms with van der Waals surface area (Å²) in [7, 11) is 0. The lowest BCUT2D eigenvalue weighted by Crippen LogP contribution is -1.98. The highest BCUT2D eigenvalue weighted by Crippen LogP contribution is 2.24. The molecule has 0 radical (unpaired) electrons. The molecule has 1 aromatic carbocycles. The van der Waals surface area contributed by atoms with Gasteiger partial charge >= 0.3 is 0 Å². The highest BCUT2D eigenvalue weighted by atomic mass is 19.1. The van der Waals surface area contributed by atoms with Crippen LogP contribution in [0.5, 0.6) is 11.6 Å². The molecule has 3 aromatic rings. The molecule has 2 N–H and O–H groups in total. The standard InChI is InChI=1S/C14H11FN4O/c15-10-7-9(8-16)1-3-12(10)20-13-4-2-11-14(19-13)18-6-5-17-11/h1-7H,8,16H2. The van der Waals surface area contributed by atoms with Crippen molar-refractivity contribution in [2.75, 3.05) is 0 Å². The summed E-state index contributed by atoms with van der Waals surface area (Å²) in [6, 6.07) is 7.92. The molecule has 0 aliphatic rings. The maximum absolute atomic E-state index is 13.8. The first-order valence-corrected chi connectivity index (χ1v) is 6.00. The molecule has 2 aromatic heterocycles. The fourth-order valence-electron chi connectivity index (χ4n) is 1.76. The SMILES string of the molecule is NCc1ccc(Oc2ccc3nccnc3n2)c(F)c1. The van der Waals surface area contributed by atoms with Crippen LogP contribution in [-0.4, -0.2) is 15.0 Å². The molecule has 0 unspecified atom stereocenters. The van der Waals surface area contributed by atoms with Crippen molar-refractivity contribution in [3.8, 4) is 11.6 Å². The van der Waals surface area contributed by atoms with Crippen LogP contribution in [0, 0.1) is 5.82 Å². The first-order chi connectivity index (χ1) is 9.76. The zero-order valence-electron chi connectivity index (χ0n) is 10.5. The van der Waals surface area contributed by atoms with Crippen LogP contribution >= 0.6 is 0 Å². The van der Waals surface area contributed by atoms with Crippen molar-refractivity contribution in [1.82, 2.24) is 15.0 Å². The molecule has 0 aliphatic carbocycles. The molecule has 5 nitrogen and oxygen atoms in total. The molecule has 0 saturated heterocycles. The quantitative estimate of drug-likeness (QED) is 0.791. The van der Waals surface area contributed by atoms with Gasteiger partial charge in [-0.2, -0.15) is 4.98 Å². The average molecular weight is 270 g/mol. The molecule has 0 atom stereocenters. The Kier molecular flexibility index (Phi) is 3.22. The summed E-state index contributed by atoms with van der Waals surface area (Å²) < 4.78 is 19.2. The first-order valence-electron chi connectivity index (χ1n) is 6.00. The van der Waals surface area contributed by atoms with Crippen molar-refractivity contribution in [1.29, 1.82) is 0 Å². The molecule has 2 heterocycles. The predicted octanol–water partition coefficient (Wildman–Crippen LogP) is 2.41. The zero-order chi connectivity index (χ0) is 13.9. The van der Waals surface area contributed by atoms with Crippen molar-refractivity contribution in [2.24, 2.45) is 5.73 Å². The molecule has 0 spiro atoms. The van der Waals surface area contributed by atoms with Gasteiger partial charge in [0, 0.05) is 25.0 Å². The Morgan fingerprint density at radius 3 is 2.75 bits per heavy atom. The first kappa shape index (κ1) is 12.4. The minimum absolute atomic E-state index is 0.0953. The van der Waals surface area contributed by atoms with E-state index in [0.717, 1.165) is 0 Å². The van der Waals surface area contributed by atoms with Crippen molar-refractivity contribution >= 4 is 11.2 Å². The van der Waals surface area contributed by atoms with Gasteiger partial charge in [-0.05, 0) is 23.8 Å². The fourth-order valence-corrected chi connectivity index (χ4v) is 1.76. The smallest absolute Gasteiger partial charge is 0.221 e. The minimum atomic E-state index is -0.478. The molecule has 0 amide bonds. The molecule has 6 heteroatoms. The van der Waals surface area contributed by atoms with Crippen LogP contribution in [0.1, 0.15) is 5.56 Å². The fraction of sp³-hybridized carbons (Fsp3) is 0.0714. The highest BCUT2D eigenvalue weighted by Gasteiger charge is 2.07. The molecule has 0 saturated carbocycles. The average Bonchev–Trinajstić information content (AvgIpc) is 2.49. The van der Waals surface area contributed by atoms with Gasteiger partial charge in [-0.1, -0.05) is 6.07 Å². The number of hydrogen-bond donors (Lipinski definition) is 1. The third kappa shape index (κ3) is 2.41. The van der Waals surface area contributed by atoms with E-state index < -0.39 is 5.82 Å². The number of rotatable bonds is 3. The number of hydrogen-bond acceptors (Lipinski definition) is 5. The van der Waals surface area contributed by atoms with Crippen LogP contribution in [-0.2, 0) is 6.54 Å². The second-order valence-corrected chi connectivity index (χ2v) is 4.12. The Bertz CT molecular complexity index is 763. The number of benzene rings is 1. The van der Waals surface area contributed by atoms with Gasteiger partial charge < -0.3 is 10.5 Å². The van der Waals surface area contributed by atoms with E-state index in [1.165, 1.54) is 18.3 Å². The molecule has 100 valence electrons. The molecule has 0 aliphatic heterocycles. The van der Waals surface area contributed by atoms with E-state index in [0.29, 0.717) is 16.7 Å². The normalized spacial score (nSPS) is 10.7. The number of pyridine rings is 1. The van der Waals surface area contributed by atoms with Crippen molar-refractivity contribution < 1.29 is 9.13 Å². The summed E-state index contributed by atoms with van der Waals surface area (Å²) >= 11 is 0. The van der Waals surface area contributed by atoms with E-state index in [1.54, 1.807) is 24.4 Å². The highest BCUT2D eigenvalue weighted by molar-refractivity contribution is 5.69. The number of fused-ring (bicyclic) bond motifs is 1. The summed E-state index contributed by atoms with van der Waals surface area (Å²) in [4.78, 5) is 12.3. The molecule has 20 heavy (non-hydrogen) atoms. The number of nitrogens with two attached hydrogens (primary N) is 1. The van der Waals surface area contributed by atoms with Gasteiger partial charge in [0.15, 0.2) is 17.2 Å². The largest absolute Gasteiger partial charge is 0.436 e. The van der Waals surface area contributed by atoms with Gasteiger partial charge in [-0.25, -0.2) is 9.37 Å². The molecule has 0 bridgehead atoms. The van der Waals surface area contributed by atoms with E-state index in [1.807, 2.05) is 0 Å². The van der Waals surface area contributed by atoms with Crippen LogP contribution in [0.3, 0.4) is 0 Å². The van der Waals surface area contributed by atoms with Crippen LogP contribution in [0.2, 0.25) is 0 Å². The van der Waals surface area contributed by atoms with Crippen molar-refractivity contribution in [3.63, 3.8) is 0 Å². The Labute approximate surface area is 114 Å². The molecular formula is C14H11FN4O. The number of nitrogens with zero attached hydrogens (tertiary/aromatic N) is 3. The number of halogens is 1. The lowest BCUT2D eigenvalue weighted by Gasteiger charge is -2.07. The van der Waals surface area contributed by atoms with Crippen molar-refractivity contribution in [2.45, 2.75) is 6.54 Å². The van der Waals surface area contributed by atoms with Gasteiger partial charge in [-0.15, -0.1) is 0 Å². The summed E-state index contributed by atoms with van der Waals surface area (Å²) in [5.41, 5.74) is 7.25. The summed E-state index contributed by atoms with van der Waals surface area (Å²) in [5, 5.41) is 0. The second kappa shape index (κ2) is 5.18. The van der Waals surface area contributed by atoms with Gasteiger partial charge in [0.1, 0.15) is 5.52 Å². The lowest BCUT2D eigenvalue weighted by atomic mass is 10.2. The third-order valence-corrected chi connectivity index (χ3v) is 2.75. The van der Waals surface area contributed by atoms with Gasteiger partial charge in [0.25, 0.3) is 0 Å². The van der Waals surface area contributed by atoms with Gasteiger partial charge in [0.2, 0.25) is 5.88 Å². The van der Waals surface area contributed by atoms with Gasteiger partial charge in [0.05, 0.1) is 0 Å². The summed E-state index contributed by atoms with van der Waals surface area (Å²) in [6.45, 7) is 0.279. The second-order valence-electron chi connectivity index (χ2n) is 4.12. The van der Waals surface area contributed by atoms with Crippen LogP contribution in [0.4, 0.5) is 4.39 Å². The third-order valence-electron chi connectivity index (χ3n) is 2.75. The molecular weight excluding hydrogens is 259 g/mol. The van der Waals surface area contributed by atoms with E-state index in [2.05, 4.69) is 15.0 Å². The van der Waals surface area contributed by atoms with E-state index in [-0.39, 0.29) is 18.2 Å². The Morgan fingerprint density at radius 1 is 1.10 bits per heavy atom. The minimum Gasteiger partial charge on any atom is -0.436 e. The van der Waals surface area contributed by atoms with Crippen LogP contribution in [0.25, 0.3) is 11.2 Å². The topological polar surface area (TPSA) is 73.9 Å².